The number of anilines is 1. The molecule has 0 atom stereocenters. The van der Waals surface area contributed by atoms with Gasteiger partial charge in [-0.1, -0.05) is 47.1 Å². The van der Waals surface area contributed by atoms with Crippen LogP contribution in [0.2, 0.25) is 0 Å². The molecule has 16 heteroatoms. The number of hydrogen-bond acceptors (Lipinski definition) is 12. The molecule has 1 N–H and O–H groups in total. The van der Waals surface area contributed by atoms with E-state index in [9.17, 15) is 17.8 Å². The van der Waals surface area contributed by atoms with Crippen LogP contribution in [0.25, 0.3) is 17.4 Å². The quantitative estimate of drug-likeness (QED) is 0.0514. The third-order valence-corrected chi connectivity index (χ3v) is 11.3. The topological polar surface area (TPSA) is 169 Å². The van der Waals surface area contributed by atoms with Crippen LogP contribution >= 0.6 is 0 Å². The van der Waals surface area contributed by atoms with Gasteiger partial charge in [-0.15, -0.1) is 0 Å². The average Bonchev–Trinajstić information content (AvgIpc) is 3.41. The number of unbranched alkanes of at least 4 members (excludes halogenated alkanes) is 2. The summed E-state index contributed by atoms with van der Waals surface area (Å²) in [5.41, 5.74) is 3.75. The standard InChI is InChI=1S/C46H66N2O12S.Na/c1-45(2,3)39-33-36(12-11-13-43-46(4,5)40-34-37(61(51,52)53)16-18-41(40)48(43)19-10-8-9-14-44(49)50)60-42-32-35(15-17-38(39)42)47(20-22-56-28-30-58-26-24-54-6)21-23-57-29-31-59-27-25-55-7;/h11-13,15-18,32-34H,8-10,14,19-31H2,1-7H3,(H-,49,50,51,52,53);/q;+1. The largest absolute Gasteiger partial charge is 1.00 e. The minimum absolute atomic E-state index is 0. The predicted molar refractivity (Wildman–Crippen MR) is 234 cm³/mol. The van der Waals surface area contributed by atoms with Crippen molar-refractivity contribution in [2.45, 2.75) is 76.0 Å². The van der Waals surface area contributed by atoms with Crippen LogP contribution in [0.5, 0.6) is 0 Å². The molecule has 14 nitrogen and oxygen atoms in total. The Hall–Kier alpha value is -2.93. The smallest absolute Gasteiger partial charge is 0.744 e. The van der Waals surface area contributed by atoms with Crippen LogP contribution in [-0.4, -0.2) is 124 Å². The van der Waals surface area contributed by atoms with Crippen LogP contribution in [0, 0.1) is 0 Å². The average molecular weight is 894 g/mol. The third kappa shape index (κ3) is 16.3. The van der Waals surface area contributed by atoms with Gasteiger partial charge in [-0.2, -0.15) is 0 Å². The first-order valence-corrected chi connectivity index (χ1v) is 22.4. The predicted octanol–water partition coefficient (Wildman–Crippen LogP) is 3.06. The van der Waals surface area contributed by atoms with Gasteiger partial charge >= 0.3 is 35.5 Å². The summed E-state index contributed by atoms with van der Waals surface area (Å²) in [6.07, 6.45) is 7.97. The Kier molecular flexibility index (Phi) is 22.5. The van der Waals surface area contributed by atoms with E-state index in [2.05, 4.69) is 54.5 Å². The van der Waals surface area contributed by atoms with Gasteiger partial charge < -0.3 is 47.4 Å². The number of carboxylic acids is 1. The summed E-state index contributed by atoms with van der Waals surface area (Å²) < 4.78 is 77.9. The molecule has 1 aromatic carbocycles. The summed E-state index contributed by atoms with van der Waals surface area (Å²) in [5.74, 6) is 0.555. The normalized spacial score (nSPS) is 14.5. The van der Waals surface area contributed by atoms with E-state index in [1.54, 1.807) is 20.3 Å². The molecule has 0 bridgehead atoms. The molecule has 62 heavy (non-hydrogen) atoms. The molecule has 0 fully saturated rings. The van der Waals surface area contributed by atoms with Gasteiger partial charge in [0.05, 0.1) is 63.8 Å². The fraction of sp³-hybridized carbons (Fsp3) is 0.565. The van der Waals surface area contributed by atoms with Gasteiger partial charge in [-0.3, -0.25) is 4.79 Å². The van der Waals surface area contributed by atoms with Crippen molar-refractivity contribution < 1.29 is 85.3 Å². The number of methoxy groups -OCH3 is 2. The maximum Gasteiger partial charge on any atom is 1.00 e. The van der Waals surface area contributed by atoms with Crippen LogP contribution < -0.4 is 44.4 Å². The van der Waals surface area contributed by atoms with Crippen LogP contribution in [0.1, 0.15) is 77.2 Å². The van der Waals surface area contributed by atoms with E-state index in [-0.39, 0.29) is 46.3 Å². The van der Waals surface area contributed by atoms with Crippen molar-refractivity contribution in [2.75, 3.05) is 105 Å². The van der Waals surface area contributed by atoms with Gasteiger partial charge in [0.15, 0.2) is 13.1 Å². The molecule has 338 valence electrons. The number of hydrogen-bond donors (Lipinski definition) is 1. The van der Waals surface area contributed by atoms with Gasteiger partial charge in [0, 0.05) is 55.6 Å². The van der Waals surface area contributed by atoms with Crippen molar-refractivity contribution in [3.8, 4) is 11.3 Å². The summed E-state index contributed by atoms with van der Waals surface area (Å²) in [4.78, 5) is 13.0. The van der Waals surface area contributed by atoms with E-state index in [4.69, 9.17) is 37.9 Å². The summed E-state index contributed by atoms with van der Waals surface area (Å²) >= 11 is 0. The third-order valence-electron chi connectivity index (χ3n) is 10.5. The molecule has 0 aromatic heterocycles. The zero-order valence-electron chi connectivity index (χ0n) is 38.0. The van der Waals surface area contributed by atoms with Gasteiger partial charge in [0.25, 0.3) is 0 Å². The Morgan fingerprint density at radius 3 is 2.00 bits per heavy atom. The van der Waals surface area contributed by atoms with Crippen LogP contribution in [-0.2, 0) is 54.2 Å². The molecule has 1 aromatic rings. The molecule has 0 unspecified atom stereocenters. The minimum atomic E-state index is -4.66. The fourth-order valence-corrected chi connectivity index (χ4v) is 7.75. The van der Waals surface area contributed by atoms with Crippen molar-refractivity contribution in [3.63, 3.8) is 0 Å². The van der Waals surface area contributed by atoms with Gasteiger partial charge in [-0.05, 0) is 71.9 Å². The van der Waals surface area contributed by atoms with Crippen molar-refractivity contribution in [1.29, 1.82) is 0 Å². The SMILES string of the molecule is COCCOCCOCC[N+](CCOCCOCCOC)=c1ccc2c(C(C)(C)C)cc(/C=C/C=C3/N(CCCCCC(=O)O)c4ccc(S(=O)(=O)[O-])cc4C3(C)C)oc-2c1.[Na+]. The first-order chi connectivity index (χ1) is 29.1. The molecule has 0 saturated heterocycles. The number of benzene rings is 2. The Balaban J connectivity index is 0.0000102. The molecule has 0 saturated carbocycles. The van der Waals surface area contributed by atoms with E-state index in [0.29, 0.717) is 104 Å². The molecule has 1 aliphatic carbocycles. The first kappa shape index (κ1) is 53.4. The molecule has 4 rings (SSSR count). The maximum atomic E-state index is 12.0. The molecule has 0 amide bonds. The number of rotatable bonds is 27. The maximum absolute atomic E-state index is 12.0. The zero-order chi connectivity index (χ0) is 44.5. The Labute approximate surface area is 390 Å². The minimum Gasteiger partial charge on any atom is -0.744 e. The summed E-state index contributed by atoms with van der Waals surface area (Å²) in [6.45, 7) is 17.4. The molecular weight excluding hydrogens is 828 g/mol. The molecule has 0 radical (unpaired) electrons. The zero-order valence-corrected chi connectivity index (χ0v) is 40.9. The number of carboxylic acid groups (broad SMARTS) is 1. The summed E-state index contributed by atoms with van der Waals surface area (Å²) in [5, 5.41) is 10.1. The molecule has 2 aliphatic heterocycles. The number of fused-ring (bicyclic) bond motifs is 2. The molecule has 2 heterocycles. The monoisotopic (exact) mass is 893 g/mol. The molecule has 0 spiro atoms. The van der Waals surface area contributed by atoms with Crippen molar-refractivity contribution >= 4 is 27.9 Å². The second-order valence-electron chi connectivity index (χ2n) is 16.4. The molecule has 3 aliphatic rings. The van der Waals surface area contributed by atoms with Crippen molar-refractivity contribution in [2.24, 2.45) is 0 Å². The number of nitrogens with zero attached hydrogens (tertiary/aromatic N) is 2. The first-order valence-electron chi connectivity index (χ1n) is 21.0. The van der Waals surface area contributed by atoms with E-state index in [1.165, 1.54) is 12.1 Å². The number of aliphatic carboxylic acids is 1. The second-order valence-corrected chi connectivity index (χ2v) is 17.8. The number of carbonyl (C=O) groups is 1. The Morgan fingerprint density at radius 1 is 0.839 bits per heavy atom. The number of ether oxygens (including phenoxy) is 6. The summed E-state index contributed by atoms with van der Waals surface area (Å²) in [7, 11) is -1.38. The summed E-state index contributed by atoms with van der Waals surface area (Å²) in [6, 6.07) is 12.9. The molecular formula is C46H66N2NaO12S+. The van der Waals surface area contributed by atoms with Crippen molar-refractivity contribution in [3.05, 3.63) is 82.6 Å². The van der Waals surface area contributed by atoms with E-state index in [0.717, 1.165) is 45.6 Å². The van der Waals surface area contributed by atoms with Crippen LogP contribution in [0.3, 0.4) is 0 Å². The van der Waals surface area contributed by atoms with Gasteiger partial charge in [0.1, 0.15) is 34.9 Å². The van der Waals surface area contributed by atoms with Gasteiger partial charge in [-0.25, -0.2) is 13.0 Å². The van der Waals surface area contributed by atoms with Gasteiger partial charge in [0.2, 0.25) is 5.36 Å². The van der Waals surface area contributed by atoms with Crippen molar-refractivity contribution in [1.82, 2.24) is 4.58 Å². The van der Waals surface area contributed by atoms with Crippen LogP contribution in [0.4, 0.5) is 5.69 Å². The Bertz CT molecular complexity index is 2050. The Morgan fingerprint density at radius 2 is 1.44 bits per heavy atom. The number of allylic oxidation sites excluding steroid dienone is 3. The van der Waals surface area contributed by atoms with E-state index in [1.807, 2.05) is 32.1 Å². The van der Waals surface area contributed by atoms with E-state index >= 15 is 0 Å². The van der Waals surface area contributed by atoms with Crippen LogP contribution in [0.15, 0.2) is 69.6 Å². The fourth-order valence-electron chi connectivity index (χ4n) is 7.25. The second kappa shape index (κ2) is 26.1. The van der Waals surface area contributed by atoms with E-state index < -0.39 is 21.5 Å².